The Kier molecular flexibility index (Phi) is 4.44. The average molecular weight is 280 g/mol. The van der Waals surface area contributed by atoms with Crippen LogP contribution in [-0.4, -0.2) is 40.6 Å². The van der Waals surface area contributed by atoms with E-state index in [2.05, 4.69) is 9.97 Å². The molecule has 1 aliphatic heterocycles. The molecule has 1 unspecified atom stereocenters. The molecule has 8 nitrogen and oxygen atoms in total. The zero-order chi connectivity index (χ0) is 14.5. The second kappa shape index (κ2) is 6.27. The van der Waals surface area contributed by atoms with Gasteiger partial charge in [0.05, 0.1) is 17.4 Å². The van der Waals surface area contributed by atoms with E-state index < -0.39 is 4.92 Å². The highest BCUT2D eigenvalue weighted by molar-refractivity contribution is 5.73. The highest BCUT2D eigenvalue weighted by Gasteiger charge is 2.28. The van der Waals surface area contributed by atoms with Gasteiger partial charge in [-0.15, -0.1) is 0 Å². The first kappa shape index (κ1) is 14.2. The minimum Gasteiger partial charge on any atom is -0.466 e. The summed E-state index contributed by atoms with van der Waals surface area (Å²) in [5, 5.41) is 10.6. The van der Waals surface area contributed by atoms with E-state index in [4.69, 9.17) is 4.74 Å². The third-order valence-corrected chi connectivity index (χ3v) is 3.16. The van der Waals surface area contributed by atoms with Gasteiger partial charge in [-0.25, -0.2) is 9.97 Å². The fourth-order valence-electron chi connectivity index (χ4n) is 2.18. The fraction of sp³-hybridized carbons (Fsp3) is 0.583. The Morgan fingerprint density at radius 3 is 2.85 bits per heavy atom. The van der Waals surface area contributed by atoms with Crippen LogP contribution in [0.4, 0.5) is 11.6 Å². The fourth-order valence-corrected chi connectivity index (χ4v) is 2.18. The van der Waals surface area contributed by atoms with Crippen molar-refractivity contribution in [2.45, 2.75) is 19.8 Å². The summed E-state index contributed by atoms with van der Waals surface area (Å²) in [6.07, 6.45) is 3.97. The molecule has 108 valence electrons. The Balaban J connectivity index is 2.04. The van der Waals surface area contributed by atoms with Crippen molar-refractivity contribution in [3.8, 4) is 0 Å². The molecule has 1 atom stereocenters. The van der Waals surface area contributed by atoms with Gasteiger partial charge in [-0.05, 0) is 19.8 Å². The van der Waals surface area contributed by atoms with Gasteiger partial charge in [0, 0.05) is 13.1 Å². The zero-order valence-corrected chi connectivity index (χ0v) is 11.2. The standard InChI is InChI=1S/C12H16N4O4/c1-2-20-11(17)9-4-3-5-15(8-9)12-13-6-10(7-14-12)16(18)19/h6-7,9H,2-5,8H2,1H3. The van der Waals surface area contributed by atoms with Crippen molar-refractivity contribution >= 4 is 17.6 Å². The van der Waals surface area contributed by atoms with Crippen molar-refractivity contribution < 1.29 is 14.5 Å². The number of carbonyl (C=O) groups excluding carboxylic acids is 1. The van der Waals surface area contributed by atoms with Crippen molar-refractivity contribution in [1.29, 1.82) is 0 Å². The van der Waals surface area contributed by atoms with Crippen LogP contribution in [0, 0.1) is 16.0 Å². The number of carbonyl (C=O) groups is 1. The highest BCUT2D eigenvalue weighted by Crippen LogP contribution is 2.22. The van der Waals surface area contributed by atoms with Gasteiger partial charge >= 0.3 is 11.7 Å². The van der Waals surface area contributed by atoms with Crippen LogP contribution in [0.25, 0.3) is 0 Å². The summed E-state index contributed by atoms with van der Waals surface area (Å²) in [6.45, 7) is 3.35. The predicted molar refractivity (Wildman–Crippen MR) is 70.3 cm³/mol. The minimum atomic E-state index is -0.540. The molecule has 0 radical (unpaired) electrons. The molecule has 2 heterocycles. The molecule has 0 amide bonds. The summed E-state index contributed by atoms with van der Waals surface area (Å²) in [6, 6.07) is 0. The van der Waals surface area contributed by atoms with Crippen LogP contribution in [0.1, 0.15) is 19.8 Å². The Morgan fingerprint density at radius 2 is 2.25 bits per heavy atom. The van der Waals surface area contributed by atoms with Gasteiger partial charge in [0.15, 0.2) is 0 Å². The molecule has 20 heavy (non-hydrogen) atoms. The Labute approximate surface area is 115 Å². The van der Waals surface area contributed by atoms with E-state index in [1.807, 2.05) is 4.90 Å². The molecule has 0 bridgehead atoms. The normalized spacial score (nSPS) is 18.6. The van der Waals surface area contributed by atoms with E-state index in [1.54, 1.807) is 6.92 Å². The number of rotatable bonds is 4. The van der Waals surface area contributed by atoms with Crippen LogP contribution >= 0.6 is 0 Å². The molecule has 1 fully saturated rings. The number of aromatic nitrogens is 2. The summed E-state index contributed by atoms with van der Waals surface area (Å²) in [4.78, 5) is 31.6. The zero-order valence-electron chi connectivity index (χ0n) is 11.2. The maximum absolute atomic E-state index is 11.7. The number of hydrogen-bond donors (Lipinski definition) is 0. The Morgan fingerprint density at radius 1 is 1.55 bits per heavy atom. The van der Waals surface area contributed by atoms with Gasteiger partial charge in [0.1, 0.15) is 12.4 Å². The number of nitro groups is 1. The molecule has 1 aliphatic rings. The number of ether oxygens (including phenoxy) is 1. The first-order valence-electron chi connectivity index (χ1n) is 6.49. The molecular weight excluding hydrogens is 264 g/mol. The third-order valence-electron chi connectivity index (χ3n) is 3.16. The first-order chi connectivity index (χ1) is 9.61. The maximum Gasteiger partial charge on any atom is 0.310 e. The SMILES string of the molecule is CCOC(=O)C1CCCN(c2ncc([N+](=O)[O-])cn2)C1. The van der Waals surface area contributed by atoms with Crippen LogP contribution in [-0.2, 0) is 9.53 Å². The van der Waals surface area contributed by atoms with Gasteiger partial charge in [-0.3, -0.25) is 14.9 Å². The van der Waals surface area contributed by atoms with Crippen molar-refractivity contribution in [3.05, 3.63) is 22.5 Å². The molecule has 2 rings (SSSR count). The second-order valence-electron chi connectivity index (χ2n) is 4.54. The van der Waals surface area contributed by atoms with Crippen LogP contribution in [0.5, 0.6) is 0 Å². The summed E-state index contributed by atoms with van der Waals surface area (Å²) < 4.78 is 5.02. The lowest BCUT2D eigenvalue weighted by molar-refractivity contribution is -0.385. The van der Waals surface area contributed by atoms with Crippen LogP contribution in [0.3, 0.4) is 0 Å². The summed E-state index contributed by atoms with van der Waals surface area (Å²) in [7, 11) is 0. The van der Waals surface area contributed by atoms with E-state index in [1.165, 1.54) is 12.4 Å². The van der Waals surface area contributed by atoms with Crippen LogP contribution in [0.15, 0.2) is 12.4 Å². The van der Waals surface area contributed by atoms with E-state index in [9.17, 15) is 14.9 Å². The molecule has 1 aromatic heterocycles. The molecular formula is C12H16N4O4. The number of nitrogens with zero attached hydrogens (tertiary/aromatic N) is 4. The molecule has 8 heteroatoms. The van der Waals surface area contributed by atoms with E-state index in [0.29, 0.717) is 19.1 Å². The van der Waals surface area contributed by atoms with Crippen LogP contribution < -0.4 is 4.90 Å². The molecule has 1 saturated heterocycles. The van der Waals surface area contributed by atoms with Crippen molar-refractivity contribution in [2.24, 2.45) is 5.92 Å². The van der Waals surface area contributed by atoms with Gasteiger partial charge in [-0.2, -0.15) is 0 Å². The molecule has 0 aromatic carbocycles. The number of piperidine rings is 1. The molecule has 0 saturated carbocycles. The van der Waals surface area contributed by atoms with E-state index in [0.717, 1.165) is 19.4 Å². The van der Waals surface area contributed by atoms with Crippen molar-refractivity contribution in [3.63, 3.8) is 0 Å². The van der Waals surface area contributed by atoms with Gasteiger partial charge in [-0.1, -0.05) is 0 Å². The van der Waals surface area contributed by atoms with Gasteiger partial charge in [0.25, 0.3) is 0 Å². The Bertz CT molecular complexity index is 491. The van der Waals surface area contributed by atoms with Gasteiger partial charge < -0.3 is 9.64 Å². The second-order valence-corrected chi connectivity index (χ2v) is 4.54. The monoisotopic (exact) mass is 280 g/mol. The Hall–Kier alpha value is -2.25. The molecule has 1 aromatic rings. The summed E-state index contributed by atoms with van der Waals surface area (Å²) in [5.41, 5.74) is -0.146. The predicted octanol–water partition coefficient (Wildman–Crippen LogP) is 1.16. The maximum atomic E-state index is 11.7. The lowest BCUT2D eigenvalue weighted by Crippen LogP contribution is -2.40. The lowest BCUT2D eigenvalue weighted by atomic mass is 9.98. The van der Waals surface area contributed by atoms with E-state index >= 15 is 0 Å². The van der Waals surface area contributed by atoms with Crippen LogP contribution in [0.2, 0.25) is 0 Å². The molecule has 0 spiro atoms. The number of hydrogen-bond acceptors (Lipinski definition) is 7. The third kappa shape index (κ3) is 3.19. The quantitative estimate of drug-likeness (QED) is 0.463. The van der Waals surface area contributed by atoms with Crippen molar-refractivity contribution in [1.82, 2.24) is 9.97 Å². The summed E-state index contributed by atoms with van der Waals surface area (Å²) >= 11 is 0. The average Bonchev–Trinajstić information content (AvgIpc) is 2.48. The first-order valence-corrected chi connectivity index (χ1v) is 6.49. The van der Waals surface area contributed by atoms with Gasteiger partial charge in [0.2, 0.25) is 5.95 Å². The minimum absolute atomic E-state index is 0.146. The molecule has 0 N–H and O–H groups in total. The highest BCUT2D eigenvalue weighted by atomic mass is 16.6. The lowest BCUT2D eigenvalue weighted by Gasteiger charge is -2.31. The number of anilines is 1. The van der Waals surface area contributed by atoms with Crippen molar-refractivity contribution in [2.75, 3.05) is 24.6 Å². The number of esters is 1. The molecule has 0 aliphatic carbocycles. The largest absolute Gasteiger partial charge is 0.466 e. The topological polar surface area (TPSA) is 98.5 Å². The van der Waals surface area contributed by atoms with E-state index in [-0.39, 0.29) is 17.6 Å². The smallest absolute Gasteiger partial charge is 0.310 e. The summed E-state index contributed by atoms with van der Waals surface area (Å²) in [5.74, 6) is 0.00574.